The van der Waals surface area contributed by atoms with Crippen molar-refractivity contribution in [1.29, 1.82) is 0 Å². The summed E-state index contributed by atoms with van der Waals surface area (Å²) >= 11 is 5.86. The Morgan fingerprint density at radius 2 is 1.75 bits per heavy atom. The number of amides is 2. The lowest BCUT2D eigenvalue weighted by molar-refractivity contribution is 0.103. The first-order chi connectivity index (χ1) is 15.3. The molecular weight excluding hydrogens is 430 g/mol. The molecule has 0 spiro atoms. The summed E-state index contributed by atoms with van der Waals surface area (Å²) < 4.78 is 1.86. The second kappa shape index (κ2) is 8.64. The molecular formula is C22H20ClN7O2. The molecule has 0 fully saturated rings. The van der Waals surface area contributed by atoms with E-state index >= 15 is 0 Å². The van der Waals surface area contributed by atoms with E-state index in [4.69, 9.17) is 17.3 Å². The number of benzene rings is 1. The van der Waals surface area contributed by atoms with Crippen LogP contribution in [0.2, 0.25) is 5.02 Å². The van der Waals surface area contributed by atoms with Crippen molar-refractivity contribution in [3.8, 4) is 0 Å². The monoisotopic (exact) mass is 449 g/mol. The highest BCUT2D eigenvalue weighted by Gasteiger charge is 2.22. The SMILES string of the molecule is CC(C)n1cc(C(=O)c2cc(NC(=O)Nc3ccc(Cl)cc3)ccn2)c2c(N)ncnc21. The summed E-state index contributed by atoms with van der Waals surface area (Å²) in [5.74, 6) is -0.132. The van der Waals surface area contributed by atoms with Gasteiger partial charge in [-0.2, -0.15) is 0 Å². The van der Waals surface area contributed by atoms with Crippen molar-refractivity contribution in [2.45, 2.75) is 19.9 Å². The first kappa shape index (κ1) is 21.3. The molecule has 0 bridgehead atoms. The maximum atomic E-state index is 13.3. The molecule has 0 unspecified atom stereocenters. The third-order valence-corrected chi connectivity index (χ3v) is 5.04. The van der Waals surface area contributed by atoms with Crippen LogP contribution in [0.3, 0.4) is 0 Å². The minimum Gasteiger partial charge on any atom is -0.383 e. The van der Waals surface area contributed by atoms with Crippen molar-refractivity contribution >= 4 is 51.6 Å². The van der Waals surface area contributed by atoms with E-state index in [0.717, 1.165) is 0 Å². The Hall–Kier alpha value is -3.98. The fourth-order valence-electron chi connectivity index (χ4n) is 3.27. The Bertz CT molecular complexity index is 1320. The number of nitrogen functional groups attached to an aromatic ring is 1. The molecule has 2 amide bonds. The van der Waals surface area contributed by atoms with Crippen LogP contribution in [0.5, 0.6) is 0 Å². The van der Waals surface area contributed by atoms with Crippen LogP contribution in [-0.4, -0.2) is 31.3 Å². The largest absolute Gasteiger partial charge is 0.383 e. The lowest BCUT2D eigenvalue weighted by atomic mass is 10.1. The first-order valence-electron chi connectivity index (χ1n) is 9.79. The zero-order valence-corrected chi connectivity index (χ0v) is 18.1. The number of nitrogens with one attached hydrogen (secondary N) is 2. The van der Waals surface area contributed by atoms with Crippen LogP contribution >= 0.6 is 11.6 Å². The van der Waals surface area contributed by atoms with Crippen LogP contribution in [0.1, 0.15) is 35.9 Å². The number of fused-ring (bicyclic) bond motifs is 1. The minimum absolute atomic E-state index is 0.0610. The van der Waals surface area contributed by atoms with Gasteiger partial charge in [-0.1, -0.05) is 11.6 Å². The molecule has 32 heavy (non-hydrogen) atoms. The number of aromatic nitrogens is 4. The average molecular weight is 450 g/mol. The molecule has 162 valence electrons. The predicted octanol–water partition coefficient (Wildman–Crippen LogP) is 4.52. The van der Waals surface area contributed by atoms with Crippen molar-refractivity contribution < 1.29 is 9.59 Å². The number of rotatable bonds is 5. The van der Waals surface area contributed by atoms with Crippen LogP contribution < -0.4 is 16.4 Å². The number of carbonyl (C=O) groups excluding carboxylic acids is 2. The molecule has 9 nitrogen and oxygen atoms in total. The van der Waals surface area contributed by atoms with Gasteiger partial charge in [-0.3, -0.25) is 9.78 Å². The molecule has 0 radical (unpaired) electrons. The van der Waals surface area contributed by atoms with E-state index in [-0.39, 0.29) is 23.3 Å². The summed E-state index contributed by atoms with van der Waals surface area (Å²) in [7, 11) is 0. The zero-order valence-electron chi connectivity index (χ0n) is 17.3. The first-order valence-corrected chi connectivity index (χ1v) is 10.2. The molecule has 0 atom stereocenters. The summed E-state index contributed by atoms with van der Waals surface area (Å²) in [5, 5.41) is 6.44. The Morgan fingerprint density at radius 1 is 1.03 bits per heavy atom. The van der Waals surface area contributed by atoms with Gasteiger partial charge >= 0.3 is 6.03 Å². The molecule has 3 heterocycles. The highest BCUT2D eigenvalue weighted by molar-refractivity contribution is 6.30. The van der Waals surface area contributed by atoms with Crippen molar-refractivity contribution in [3.63, 3.8) is 0 Å². The van der Waals surface area contributed by atoms with E-state index in [0.29, 0.717) is 33.0 Å². The molecule has 4 rings (SSSR count). The fourth-order valence-corrected chi connectivity index (χ4v) is 3.40. The normalized spacial score (nSPS) is 11.0. The van der Waals surface area contributed by atoms with Gasteiger partial charge in [0, 0.05) is 34.8 Å². The second-order valence-electron chi connectivity index (χ2n) is 7.35. The second-order valence-corrected chi connectivity index (χ2v) is 7.78. The van der Waals surface area contributed by atoms with Crippen LogP contribution in [0, 0.1) is 0 Å². The van der Waals surface area contributed by atoms with E-state index in [9.17, 15) is 9.59 Å². The van der Waals surface area contributed by atoms with Crippen molar-refractivity contribution in [2.24, 2.45) is 0 Å². The fraction of sp³-hybridized carbons (Fsp3) is 0.136. The maximum absolute atomic E-state index is 13.3. The maximum Gasteiger partial charge on any atom is 0.323 e. The van der Waals surface area contributed by atoms with E-state index in [1.165, 1.54) is 18.6 Å². The van der Waals surface area contributed by atoms with Gasteiger partial charge in [-0.25, -0.2) is 14.8 Å². The number of urea groups is 1. The average Bonchev–Trinajstić information content (AvgIpc) is 3.16. The zero-order chi connectivity index (χ0) is 22.8. The number of ketones is 1. The number of nitrogens with zero attached hydrogens (tertiary/aromatic N) is 4. The number of carbonyl (C=O) groups is 2. The van der Waals surface area contributed by atoms with Crippen molar-refractivity contribution in [1.82, 2.24) is 19.5 Å². The summed E-state index contributed by atoms with van der Waals surface area (Å²) in [6, 6.07) is 9.39. The molecule has 4 N–H and O–H groups in total. The van der Waals surface area contributed by atoms with Gasteiger partial charge in [0.15, 0.2) is 0 Å². The Morgan fingerprint density at radius 3 is 2.47 bits per heavy atom. The standard InChI is InChI=1S/C22H20ClN7O2/c1-12(2)30-10-16(18-20(24)26-11-27-21(18)30)19(31)17-9-15(7-8-25-17)29-22(32)28-14-5-3-13(23)4-6-14/h3-12H,1-2H3,(H2,24,26,27)(H2,25,28,29,32). The summed E-state index contributed by atoms with van der Waals surface area (Å²) in [6.45, 7) is 3.96. The number of anilines is 3. The van der Waals surface area contributed by atoms with Gasteiger partial charge in [0.2, 0.25) is 5.78 Å². The van der Waals surface area contributed by atoms with Gasteiger partial charge in [0.25, 0.3) is 0 Å². The van der Waals surface area contributed by atoms with Crippen molar-refractivity contribution in [3.05, 3.63) is 71.4 Å². The molecule has 4 aromatic rings. The number of hydrogen-bond acceptors (Lipinski definition) is 6. The van der Waals surface area contributed by atoms with E-state index in [1.54, 1.807) is 36.5 Å². The lowest BCUT2D eigenvalue weighted by Crippen LogP contribution is -2.19. The van der Waals surface area contributed by atoms with Gasteiger partial charge in [0.05, 0.1) is 10.9 Å². The van der Waals surface area contributed by atoms with E-state index in [1.807, 2.05) is 18.4 Å². The van der Waals surface area contributed by atoms with Crippen molar-refractivity contribution in [2.75, 3.05) is 16.4 Å². The Kier molecular flexibility index (Phi) is 5.74. The topological polar surface area (TPSA) is 128 Å². The Labute approximate surface area is 188 Å². The van der Waals surface area contributed by atoms with Gasteiger partial charge in [0.1, 0.15) is 23.5 Å². The molecule has 0 aliphatic carbocycles. The molecule has 0 saturated carbocycles. The number of nitrogens with two attached hydrogens (primary N) is 1. The van der Waals surface area contributed by atoms with E-state index < -0.39 is 6.03 Å². The molecule has 10 heteroatoms. The van der Waals surface area contributed by atoms with Gasteiger partial charge < -0.3 is 20.9 Å². The van der Waals surface area contributed by atoms with Crippen LogP contribution in [0.15, 0.2) is 55.1 Å². The predicted molar refractivity (Wildman–Crippen MR) is 124 cm³/mol. The summed E-state index contributed by atoms with van der Waals surface area (Å²) in [6.07, 6.45) is 4.53. The third-order valence-electron chi connectivity index (χ3n) is 4.79. The quantitative estimate of drug-likeness (QED) is 0.384. The summed E-state index contributed by atoms with van der Waals surface area (Å²) in [5.41, 5.74) is 8.12. The summed E-state index contributed by atoms with van der Waals surface area (Å²) in [4.78, 5) is 38.1. The van der Waals surface area contributed by atoms with Gasteiger partial charge in [-0.05, 0) is 50.2 Å². The molecule has 1 aromatic carbocycles. The molecule has 0 saturated heterocycles. The molecule has 0 aliphatic heterocycles. The molecule has 0 aliphatic rings. The minimum atomic E-state index is -0.467. The molecule has 3 aromatic heterocycles. The van der Waals surface area contributed by atoms with Crippen LogP contribution in [-0.2, 0) is 0 Å². The Balaban J connectivity index is 1.60. The number of halogens is 1. The highest BCUT2D eigenvalue weighted by atomic mass is 35.5. The van der Waals surface area contributed by atoms with E-state index in [2.05, 4.69) is 25.6 Å². The van der Waals surface area contributed by atoms with Crippen LogP contribution in [0.4, 0.5) is 22.0 Å². The lowest BCUT2D eigenvalue weighted by Gasteiger charge is -2.08. The number of hydrogen-bond donors (Lipinski definition) is 3. The third kappa shape index (κ3) is 4.23. The van der Waals surface area contributed by atoms with Gasteiger partial charge in [-0.15, -0.1) is 0 Å². The van der Waals surface area contributed by atoms with Crippen LogP contribution in [0.25, 0.3) is 11.0 Å². The highest BCUT2D eigenvalue weighted by Crippen LogP contribution is 2.28. The number of pyridine rings is 1. The smallest absolute Gasteiger partial charge is 0.323 e.